The number of aliphatic hydroxyl groups is 1. The number of carbonyl (C=O) groups is 2. The molecule has 1 fully saturated rings. The Hall–Kier alpha value is -4.17. The maximum atomic E-state index is 13.5. The highest BCUT2D eigenvalue weighted by Gasteiger charge is 2.47. The highest BCUT2D eigenvalue weighted by molar-refractivity contribution is 6.51. The molecule has 1 heterocycles. The number of hydrogen-bond donors (Lipinski definition) is 2. The minimum atomic E-state index is -0.994. The van der Waals surface area contributed by atoms with E-state index in [0.717, 1.165) is 5.69 Å². The van der Waals surface area contributed by atoms with E-state index in [9.17, 15) is 19.8 Å². The maximum absolute atomic E-state index is 13.5. The maximum Gasteiger partial charge on any atom is 0.300 e. The van der Waals surface area contributed by atoms with Crippen molar-refractivity contribution < 1.29 is 29.3 Å². The van der Waals surface area contributed by atoms with Gasteiger partial charge in [-0.1, -0.05) is 17.7 Å². The number of benzene rings is 3. The molecule has 38 heavy (non-hydrogen) atoms. The predicted molar refractivity (Wildman–Crippen MR) is 147 cm³/mol. The van der Waals surface area contributed by atoms with Gasteiger partial charge >= 0.3 is 0 Å². The number of hydrogen-bond acceptors (Lipinski definition) is 7. The number of ether oxygens (including phenoxy) is 2. The van der Waals surface area contributed by atoms with Crippen LogP contribution in [0.3, 0.4) is 0 Å². The molecule has 4 rings (SSSR count). The molecule has 2 N–H and O–H groups in total. The number of phenolic OH excluding ortho intramolecular Hbond substituents is 1. The molecule has 1 amide bonds. The van der Waals surface area contributed by atoms with Crippen LogP contribution in [0.1, 0.15) is 31.0 Å². The van der Waals surface area contributed by atoms with Gasteiger partial charge in [0, 0.05) is 31.0 Å². The summed E-state index contributed by atoms with van der Waals surface area (Å²) in [5.41, 5.74) is 2.02. The molecule has 0 saturated carbocycles. The molecule has 1 saturated heterocycles. The third-order valence-corrected chi connectivity index (χ3v) is 6.50. The van der Waals surface area contributed by atoms with Gasteiger partial charge in [0.25, 0.3) is 11.7 Å². The summed E-state index contributed by atoms with van der Waals surface area (Å²) in [6, 6.07) is 15.4. The molecule has 1 aliphatic rings. The minimum Gasteiger partial charge on any atom is -0.507 e. The Kier molecular flexibility index (Phi) is 7.83. The number of amides is 1. The van der Waals surface area contributed by atoms with Crippen LogP contribution < -0.4 is 19.3 Å². The summed E-state index contributed by atoms with van der Waals surface area (Å²) in [5.74, 6) is -1.55. The number of halogens is 1. The van der Waals surface area contributed by atoms with Crippen molar-refractivity contribution in [3.8, 4) is 17.2 Å². The second kappa shape index (κ2) is 11.1. The fraction of sp³-hybridized carbons (Fsp3) is 0.241. The van der Waals surface area contributed by atoms with Gasteiger partial charge in [0.2, 0.25) is 0 Å². The average Bonchev–Trinajstić information content (AvgIpc) is 3.16. The van der Waals surface area contributed by atoms with Gasteiger partial charge in [0.05, 0.1) is 29.9 Å². The number of aliphatic hydroxyl groups excluding tert-OH is 1. The SMILES string of the molecule is CCOc1cc(C2/C(=C(/O)c3ccc(Cl)c(OCC)c3)C(=O)C(=O)N2c2ccc(N(C)C)cc2)ccc1O. The zero-order chi connectivity index (χ0) is 27.6. The largest absolute Gasteiger partial charge is 0.507 e. The average molecular weight is 537 g/mol. The van der Waals surface area contributed by atoms with Crippen LogP contribution in [0.5, 0.6) is 17.2 Å². The van der Waals surface area contributed by atoms with E-state index in [4.69, 9.17) is 21.1 Å². The highest BCUT2D eigenvalue weighted by Crippen LogP contribution is 2.44. The van der Waals surface area contributed by atoms with Crippen molar-refractivity contribution in [3.63, 3.8) is 0 Å². The van der Waals surface area contributed by atoms with Gasteiger partial charge in [0.1, 0.15) is 11.5 Å². The number of nitrogens with zero attached hydrogens (tertiary/aromatic N) is 2. The third kappa shape index (κ3) is 4.99. The van der Waals surface area contributed by atoms with E-state index >= 15 is 0 Å². The number of anilines is 2. The summed E-state index contributed by atoms with van der Waals surface area (Å²) >= 11 is 6.22. The van der Waals surface area contributed by atoms with Crippen molar-refractivity contribution in [1.29, 1.82) is 0 Å². The van der Waals surface area contributed by atoms with Crippen LogP contribution in [0, 0.1) is 0 Å². The molecule has 3 aromatic rings. The van der Waals surface area contributed by atoms with Crippen LogP contribution in [-0.2, 0) is 9.59 Å². The lowest BCUT2D eigenvalue weighted by molar-refractivity contribution is -0.132. The summed E-state index contributed by atoms with van der Waals surface area (Å²) in [7, 11) is 3.80. The van der Waals surface area contributed by atoms with Gasteiger partial charge in [-0.3, -0.25) is 14.5 Å². The molecule has 1 atom stereocenters. The van der Waals surface area contributed by atoms with Crippen molar-refractivity contribution in [2.45, 2.75) is 19.9 Å². The molecule has 3 aromatic carbocycles. The first kappa shape index (κ1) is 26.9. The molecule has 8 nitrogen and oxygen atoms in total. The Balaban J connectivity index is 1.94. The first-order chi connectivity index (χ1) is 18.2. The Morgan fingerprint density at radius 1 is 0.947 bits per heavy atom. The van der Waals surface area contributed by atoms with Crippen LogP contribution in [0.2, 0.25) is 5.02 Å². The first-order valence-electron chi connectivity index (χ1n) is 12.1. The van der Waals surface area contributed by atoms with Gasteiger partial charge in [-0.05, 0) is 74.0 Å². The van der Waals surface area contributed by atoms with E-state index in [1.165, 1.54) is 17.0 Å². The quantitative estimate of drug-likeness (QED) is 0.222. The van der Waals surface area contributed by atoms with Gasteiger partial charge < -0.3 is 24.6 Å². The van der Waals surface area contributed by atoms with Gasteiger partial charge in [-0.25, -0.2) is 0 Å². The second-order valence-electron chi connectivity index (χ2n) is 8.82. The third-order valence-electron chi connectivity index (χ3n) is 6.19. The van der Waals surface area contributed by atoms with Crippen molar-refractivity contribution in [3.05, 3.63) is 82.4 Å². The summed E-state index contributed by atoms with van der Waals surface area (Å²) in [6.45, 7) is 4.23. The van der Waals surface area contributed by atoms with Crippen LogP contribution >= 0.6 is 11.6 Å². The van der Waals surface area contributed by atoms with E-state index < -0.39 is 17.7 Å². The van der Waals surface area contributed by atoms with Crippen molar-refractivity contribution >= 4 is 40.4 Å². The van der Waals surface area contributed by atoms with E-state index in [-0.39, 0.29) is 28.4 Å². The Bertz CT molecular complexity index is 1400. The van der Waals surface area contributed by atoms with E-state index in [0.29, 0.717) is 35.2 Å². The van der Waals surface area contributed by atoms with E-state index in [1.807, 2.05) is 31.1 Å². The zero-order valence-corrected chi connectivity index (χ0v) is 22.3. The lowest BCUT2D eigenvalue weighted by atomic mass is 9.94. The summed E-state index contributed by atoms with van der Waals surface area (Å²) < 4.78 is 11.1. The van der Waals surface area contributed by atoms with Crippen molar-refractivity contribution in [2.24, 2.45) is 0 Å². The van der Waals surface area contributed by atoms with Crippen LogP contribution in [-0.4, -0.2) is 49.2 Å². The number of Topliss-reactive ketones (excluding diaryl/α,β-unsaturated/α-hetero) is 1. The molecule has 1 aliphatic heterocycles. The summed E-state index contributed by atoms with van der Waals surface area (Å²) in [4.78, 5) is 30.2. The number of rotatable bonds is 8. The lowest BCUT2D eigenvalue weighted by Crippen LogP contribution is -2.29. The van der Waals surface area contributed by atoms with Crippen LogP contribution in [0.25, 0.3) is 5.76 Å². The molecule has 9 heteroatoms. The second-order valence-corrected chi connectivity index (χ2v) is 9.23. The van der Waals surface area contributed by atoms with E-state index in [2.05, 4.69) is 0 Å². The number of ketones is 1. The topological polar surface area (TPSA) is 99.5 Å². The first-order valence-corrected chi connectivity index (χ1v) is 12.5. The molecule has 0 aliphatic carbocycles. The highest BCUT2D eigenvalue weighted by atomic mass is 35.5. The van der Waals surface area contributed by atoms with Crippen molar-refractivity contribution in [2.75, 3.05) is 37.1 Å². The van der Waals surface area contributed by atoms with Gasteiger partial charge in [-0.2, -0.15) is 0 Å². The fourth-order valence-electron chi connectivity index (χ4n) is 4.37. The van der Waals surface area contributed by atoms with Crippen LogP contribution in [0.15, 0.2) is 66.2 Å². The van der Waals surface area contributed by atoms with Gasteiger partial charge in [0.15, 0.2) is 11.5 Å². The molecule has 1 unspecified atom stereocenters. The zero-order valence-electron chi connectivity index (χ0n) is 21.6. The smallest absolute Gasteiger partial charge is 0.300 e. The van der Waals surface area contributed by atoms with Crippen LogP contribution in [0.4, 0.5) is 11.4 Å². The molecular weight excluding hydrogens is 508 g/mol. The summed E-state index contributed by atoms with van der Waals surface area (Å²) in [6.07, 6.45) is 0. The Morgan fingerprint density at radius 3 is 2.24 bits per heavy atom. The molecule has 0 spiro atoms. The standard InChI is InChI=1S/C29H29ClN2O6/c1-5-37-23-16-18(7-13-21(23)30)27(34)25-26(17-8-14-22(33)24(15-17)38-6-2)32(29(36)28(25)35)20-11-9-19(10-12-20)31(3)4/h7-16,26,33-34H,5-6H2,1-4H3/b27-25-. The molecular formula is C29H29ClN2O6. The predicted octanol–water partition coefficient (Wildman–Crippen LogP) is 5.54. The minimum absolute atomic E-state index is 0.0815. The molecule has 0 radical (unpaired) electrons. The number of phenols is 1. The normalized spacial score (nSPS) is 16.6. The van der Waals surface area contributed by atoms with Crippen molar-refractivity contribution in [1.82, 2.24) is 0 Å². The number of carbonyl (C=O) groups excluding carboxylic acids is 2. The monoisotopic (exact) mass is 536 g/mol. The molecule has 198 valence electrons. The Morgan fingerprint density at radius 2 is 1.61 bits per heavy atom. The number of aromatic hydroxyl groups is 1. The van der Waals surface area contributed by atoms with E-state index in [1.54, 1.807) is 50.2 Å². The summed E-state index contributed by atoms with van der Waals surface area (Å²) in [5, 5.41) is 22.0. The molecule has 0 aromatic heterocycles. The fourth-order valence-corrected chi connectivity index (χ4v) is 4.54. The molecule has 0 bridgehead atoms. The lowest BCUT2D eigenvalue weighted by Gasteiger charge is -2.26. The Labute approximate surface area is 226 Å². The van der Waals surface area contributed by atoms with Gasteiger partial charge in [-0.15, -0.1) is 0 Å².